The highest BCUT2D eigenvalue weighted by Gasteiger charge is 2.40. The van der Waals surface area contributed by atoms with Crippen molar-refractivity contribution in [2.75, 3.05) is 0 Å². The Balaban J connectivity index is 2.74. The molecule has 0 unspecified atom stereocenters. The van der Waals surface area contributed by atoms with Crippen LogP contribution in [0.3, 0.4) is 0 Å². The van der Waals surface area contributed by atoms with Gasteiger partial charge >= 0.3 is 12.1 Å². The highest BCUT2D eigenvalue weighted by Crippen LogP contribution is 2.17. The molecule has 0 aromatic carbocycles. The minimum absolute atomic E-state index is 0.0964. The molecule has 0 aliphatic heterocycles. The lowest BCUT2D eigenvalue weighted by Gasteiger charge is -2.07. The van der Waals surface area contributed by atoms with E-state index < -0.39 is 18.8 Å². The monoisotopic (exact) mass is 244 g/mol. The van der Waals surface area contributed by atoms with Crippen LogP contribution in [0.1, 0.15) is 17.0 Å². The number of nitrogens with zero attached hydrogens (tertiary/aromatic N) is 2. The Bertz CT molecular complexity index is 477. The lowest BCUT2D eigenvalue weighted by molar-refractivity contribution is -0.201. The molecular formula is C10H7F3N2O2. The maximum Gasteiger partial charge on any atom is 0.490 e. The van der Waals surface area contributed by atoms with Crippen molar-refractivity contribution in [2.45, 2.75) is 19.7 Å². The van der Waals surface area contributed by atoms with E-state index in [4.69, 9.17) is 5.26 Å². The smallest absolute Gasteiger partial charge is 0.453 e. The molecule has 0 bridgehead atoms. The van der Waals surface area contributed by atoms with Gasteiger partial charge in [0.1, 0.15) is 6.61 Å². The Kier molecular flexibility index (Phi) is 3.68. The SMILES string of the molecule is Cc1cc(C#N)cc(COC(=O)C(F)(F)F)n1. The van der Waals surface area contributed by atoms with Gasteiger partial charge in [0.05, 0.1) is 17.3 Å². The molecule has 0 N–H and O–H groups in total. The zero-order valence-corrected chi connectivity index (χ0v) is 8.71. The molecular weight excluding hydrogens is 237 g/mol. The van der Waals surface area contributed by atoms with Crippen molar-refractivity contribution in [2.24, 2.45) is 0 Å². The fourth-order valence-electron chi connectivity index (χ4n) is 1.10. The van der Waals surface area contributed by atoms with Crippen molar-refractivity contribution < 1.29 is 22.7 Å². The topological polar surface area (TPSA) is 63.0 Å². The number of carbonyl (C=O) groups is 1. The molecule has 0 saturated carbocycles. The summed E-state index contributed by atoms with van der Waals surface area (Å²) in [6.07, 6.45) is -5.03. The number of aryl methyl sites for hydroxylation is 1. The van der Waals surface area contributed by atoms with Gasteiger partial charge < -0.3 is 4.74 Å². The third-order valence-corrected chi connectivity index (χ3v) is 1.72. The lowest BCUT2D eigenvalue weighted by Crippen LogP contribution is -2.25. The molecule has 1 aromatic heterocycles. The van der Waals surface area contributed by atoms with Crippen LogP contribution >= 0.6 is 0 Å². The van der Waals surface area contributed by atoms with Gasteiger partial charge in [-0.3, -0.25) is 4.98 Å². The van der Waals surface area contributed by atoms with Crippen molar-refractivity contribution in [1.29, 1.82) is 5.26 Å². The molecule has 4 nitrogen and oxygen atoms in total. The van der Waals surface area contributed by atoms with E-state index in [2.05, 4.69) is 9.72 Å². The van der Waals surface area contributed by atoms with Gasteiger partial charge in [-0.15, -0.1) is 0 Å². The first kappa shape index (κ1) is 13.0. The number of halogens is 3. The van der Waals surface area contributed by atoms with Gasteiger partial charge in [0.2, 0.25) is 0 Å². The van der Waals surface area contributed by atoms with E-state index in [0.717, 1.165) is 0 Å². The molecule has 0 saturated heterocycles. The summed E-state index contributed by atoms with van der Waals surface area (Å²) in [5.41, 5.74) is 0.803. The first-order valence-corrected chi connectivity index (χ1v) is 4.44. The number of ether oxygens (including phenoxy) is 1. The summed E-state index contributed by atoms with van der Waals surface area (Å²) in [7, 11) is 0. The van der Waals surface area contributed by atoms with Crippen LogP contribution in [0.5, 0.6) is 0 Å². The maximum atomic E-state index is 11.8. The quantitative estimate of drug-likeness (QED) is 0.745. The van der Waals surface area contributed by atoms with Gasteiger partial charge in [-0.25, -0.2) is 4.79 Å². The second kappa shape index (κ2) is 4.82. The van der Waals surface area contributed by atoms with Gasteiger partial charge in [0, 0.05) is 5.69 Å². The van der Waals surface area contributed by atoms with Gasteiger partial charge in [0.15, 0.2) is 0 Å². The third-order valence-electron chi connectivity index (χ3n) is 1.72. The van der Waals surface area contributed by atoms with Crippen LogP contribution in [0.25, 0.3) is 0 Å². The van der Waals surface area contributed by atoms with E-state index in [1.54, 1.807) is 6.92 Å². The summed E-state index contributed by atoms with van der Waals surface area (Å²) < 4.78 is 39.5. The number of aromatic nitrogens is 1. The van der Waals surface area contributed by atoms with Crippen LogP contribution < -0.4 is 0 Å². The van der Waals surface area contributed by atoms with E-state index in [9.17, 15) is 18.0 Å². The van der Waals surface area contributed by atoms with Crippen LogP contribution in [0.4, 0.5) is 13.2 Å². The maximum absolute atomic E-state index is 11.8. The van der Waals surface area contributed by atoms with Gasteiger partial charge in [-0.2, -0.15) is 18.4 Å². The average molecular weight is 244 g/mol. The summed E-state index contributed by atoms with van der Waals surface area (Å²) in [6.45, 7) is 0.963. The summed E-state index contributed by atoms with van der Waals surface area (Å²) in [6, 6.07) is 4.55. The normalized spacial score (nSPS) is 10.8. The van der Waals surface area contributed by atoms with E-state index in [1.807, 2.05) is 6.07 Å². The Morgan fingerprint density at radius 3 is 2.71 bits per heavy atom. The lowest BCUT2D eigenvalue weighted by atomic mass is 10.2. The molecule has 1 heterocycles. The van der Waals surface area contributed by atoms with Gasteiger partial charge in [0.25, 0.3) is 0 Å². The van der Waals surface area contributed by atoms with Crippen molar-refractivity contribution in [3.63, 3.8) is 0 Å². The minimum Gasteiger partial charge on any atom is -0.453 e. The highest BCUT2D eigenvalue weighted by atomic mass is 19.4. The molecule has 1 aromatic rings. The fourth-order valence-corrected chi connectivity index (χ4v) is 1.10. The van der Waals surface area contributed by atoms with E-state index >= 15 is 0 Å². The third kappa shape index (κ3) is 3.75. The Hall–Kier alpha value is -2.10. The zero-order valence-electron chi connectivity index (χ0n) is 8.71. The molecule has 0 amide bonds. The minimum atomic E-state index is -5.03. The molecule has 0 radical (unpaired) electrons. The van der Waals surface area contributed by atoms with E-state index in [-0.39, 0.29) is 11.3 Å². The molecule has 0 aliphatic rings. The molecule has 90 valence electrons. The number of hydrogen-bond donors (Lipinski definition) is 0. The molecule has 17 heavy (non-hydrogen) atoms. The molecule has 0 spiro atoms. The number of carbonyl (C=O) groups excluding carboxylic acids is 1. The van der Waals surface area contributed by atoms with Crippen LogP contribution in [0.2, 0.25) is 0 Å². The highest BCUT2D eigenvalue weighted by molar-refractivity contribution is 5.75. The molecule has 1 rings (SSSR count). The Labute approximate surface area is 94.6 Å². The predicted molar refractivity (Wildman–Crippen MR) is 49.5 cm³/mol. The zero-order chi connectivity index (χ0) is 13.1. The van der Waals surface area contributed by atoms with Gasteiger partial charge in [-0.1, -0.05) is 0 Å². The summed E-state index contributed by atoms with van der Waals surface area (Å²) in [5.74, 6) is -2.28. The summed E-state index contributed by atoms with van der Waals surface area (Å²) in [4.78, 5) is 14.3. The van der Waals surface area contributed by atoms with Crippen LogP contribution in [0, 0.1) is 18.3 Å². The van der Waals surface area contributed by atoms with Crippen molar-refractivity contribution in [1.82, 2.24) is 4.98 Å². The number of alkyl halides is 3. The standard InChI is InChI=1S/C10H7F3N2O2/c1-6-2-7(4-14)3-8(15-6)5-17-9(16)10(11,12)13/h2-3H,5H2,1H3. The van der Waals surface area contributed by atoms with Crippen molar-refractivity contribution in [3.05, 3.63) is 29.1 Å². The van der Waals surface area contributed by atoms with Crippen LogP contribution in [-0.4, -0.2) is 17.1 Å². The van der Waals surface area contributed by atoms with Gasteiger partial charge in [-0.05, 0) is 19.1 Å². The second-order valence-electron chi connectivity index (χ2n) is 3.17. The summed E-state index contributed by atoms with van der Waals surface area (Å²) in [5, 5.41) is 8.63. The number of pyridine rings is 1. The van der Waals surface area contributed by atoms with E-state index in [0.29, 0.717) is 5.69 Å². The largest absolute Gasteiger partial charge is 0.490 e. The predicted octanol–water partition coefficient (Wildman–Crippen LogP) is 1.87. The number of nitriles is 1. The first-order chi connectivity index (χ1) is 7.82. The second-order valence-corrected chi connectivity index (χ2v) is 3.17. The van der Waals surface area contributed by atoms with Crippen molar-refractivity contribution in [3.8, 4) is 6.07 Å². The first-order valence-electron chi connectivity index (χ1n) is 4.44. The van der Waals surface area contributed by atoms with Crippen LogP contribution in [0.15, 0.2) is 12.1 Å². The molecule has 7 heteroatoms. The van der Waals surface area contributed by atoms with E-state index in [1.165, 1.54) is 12.1 Å². The number of hydrogen-bond acceptors (Lipinski definition) is 4. The molecule has 0 fully saturated rings. The molecule has 0 atom stereocenters. The Morgan fingerprint density at radius 2 is 2.18 bits per heavy atom. The molecule has 0 aliphatic carbocycles. The fraction of sp³-hybridized carbons (Fsp3) is 0.300. The number of rotatable bonds is 2. The van der Waals surface area contributed by atoms with Crippen molar-refractivity contribution >= 4 is 5.97 Å². The average Bonchev–Trinajstić information content (AvgIpc) is 2.23. The number of esters is 1. The summed E-state index contributed by atoms with van der Waals surface area (Å²) >= 11 is 0. The Morgan fingerprint density at radius 1 is 1.53 bits per heavy atom. The van der Waals surface area contributed by atoms with Crippen LogP contribution in [-0.2, 0) is 16.1 Å².